The van der Waals surface area contributed by atoms with Gasteiger partial charge in [0.25, 0.3) is 0 Å². The van der Waals surface area contributed by atoms with Crippen LogP contribution in [0.2, 0.25) is 0 Å². The number of ether oxygens (including phenoxy) is 1. The number of likely N-dealkylation sites (tertiary alicyclic amines) is 1. The predicted molar refractivity (Wildman–Crippen MR) is 106 cm³/mol. The van der Waals surface area contributed by atoms with E-state index in [9.17, 15) is 0 Å². The molecule has 0 spiro atoms. The Morgan fingerprint density at radius 2 is 1.88 bits per heavy atom. The van der Waals surface area contributed by atoms with Gasteiger partial charge in [0.2, 0.25) is 0 Å². The molecule has 2 rings (SSSR count). The summed E-state index contributed by atoms with van der Waals surface area (Å²) in [6.45, 7) is 9.78. The second kappa shape index (κ2) is 11.7. The molecule has 0 radical (unpaired) electrons. The lowest BCUT2D eigenvalue weighted by atomic mass is 9.98. The first kappa shape index (κ1) is 20.5. The molecule has 2 aliphatic rings. The highest BCUT2D eigenvalue weighted by Crippen LogP contribution is 2.30. The van der Waals surface area contributed by atoms with E-state index in [1.165, 1.54) is 64.6 Å². The van der Waals surface area contributed by atoms with E-state index in [1.54, 1.807) is 0 Å². The lowest BCUT2D eigenvalue weighted by Crippen LogP contribution is -2.49. The van der Waals surface area contributed by atoms with Crippen molar-refractivity contribution < 1.29 is 4.74 Å². The summed E-state index contributed by atoms with van der Waals surface area (Å²) in [5.74, 6) is 1.72. The Morgan fingerprint density at radius 3 is 2.48 bits per heavy atom. The minimum atomic E-state index is 0.412. The molecule has 146 valence electrons. The van der Waals surface area contributed by atoms with E-state index in [-0.39, 0.29) is 0 Å². The van der Waals surface area contributed by atoms with Crippen LogP contribution in [0.25, 0.3) is 0 Å². The normalized spacial score (nSPS) is 22.3. The first-order chi connectivity index (χ1) is 12.3. The SMILES string of the molecule is CCCN1CCC(NC(=NC)NCCC(OCC)C2CCCC2)CC1. The third kappa shape index (κ3) is 7.14. The van der Waals surface area contributed by atoms with Gasteiger partial charge >= 0.3 is 0 Å². The minimum absolute atomic E-state index is 0.412. The molecule has 1 aliphatic carbocycles. The van der Waals surface area contributed by atoms with Gasteiger partial charge in [-0.3, -0.25) is 4.99 Å². The summed E-state index contributed by atoms with van der Waals surface area (Å²) in [6.07, 6.45) is 10.6. The van der Waals surface area contributed by atoms with Crippen LogP contribution in [0.4, 0.5) is 0 Å². The van der Waals surface area contributed by atoms with E-state index >= 15 is 0 Å². The van der Waals surface area contributed by atoms with E-state index in [1.807, 2.05) is 7.05 Å². The summed E-state index contributed by atoms with van der Waals surface area (Å²) in [5, 5.41) is 7.13. The Hall–Kier alpha value is -0.810. The fraction of sp³-hybridized carbons (Fsp3) is 0.950. The van der Waals surface area contributed by atoms with Gasteiger partial charge in [0, 0.05) is 39.3 Å². The molecule has 2 fully saturated rings. The van der Waals surface area contributed by atoms with Crippen LogP contribution in [0.1, 0.15) is 65.2 Å². The van der Waals surface area contributed by atoms with Crippen molar-refractivity contribution in [2.24, 2.45) is 10.9 Å². The van der Waals surface area contributed by atoms with Crippen LogP contribution in [-0.4, -0.2) is 62.8 Å². The monoisotopic (exact) mass is 352 g/mol. The lowest BCUT2D eigenvalue weighted by Gasteiger charge is -2.33. The summed E-state index contributed by atoms with van der Waals surface area (Å²) in [5.41, 5.74) is 0. The Bertz CT molecular complexity index is 374. The van der Waals surface area contributed by atoms with Gasteiger partial charge in [0.15, 0.2) is 5.96 Å². The van der Waals surface area contributed by atoms with E-state index in [0.29, 0.717) is 12.1 Å². The zero-order chi connectivity index (χ0) is 17.9. The average Bonchev–Trinajstić information content (AvgIpc) is 3.16. The van der Waals surface area contributed by atoms with Gasteiger partial charge in [-0.15, -0.1) is 0 Å². The molecule has 5 heteroatoms. The molecule has 0 amide bonds. The minimum Gasteiger partial charge on any atom is -0.378 e. The molecule has 0 aromatic carbocycles. The van der Waals surface area contributed by atoms with Gasteiger partial charge in [-0.2, -0.15) is 0 Å². The fourth-order valence-corrected chi connectivity index (χ4v) is 4.34. The quantitative estimate of drug-likeness (QED) is 0.495. The zero-order valence-electron chi connectivity index (χ0n) is 16.7. The Labute approximate surface area is 155 Å². The van der Waals surface area contributed by atoms with Crippen LogP contribution < -0.4 is 10.6 Å². The Kier molecular flexibility index (Phi) is 9.63. The summed E-state index contributed by atoms with van der Waals surface area (Å²) >= 11 is 0. The number of aliphatic imine (C=N–C) groups is 1. The van der Waals surface area contributed by atoms with Crippen molar-refractivity contribution in [1.82, 2.24) is 15.5 Å². The molecule has 1 heterocycles. The molecule has 25 heavy (non-hydrogen) atoms. The Morgan fingerprint density at radius 1 is 1.16 bits per heavy atom. The Balaban J connectivity index is 1.67. The highest BCUT2D eigenvalue weighted by molar-refractivity contribution is 5.79. The van der Waals surface area contributed by atoms with Crippen LogP contribution in [0.3, 0.4) is 0 Å². The second-order valence-electron chi connectivity index (χ2n) is 7.59. The molecule has 0 bridgehead atoms. The van der Waals surface area contributed by atoms with Crippen molar-refractivity contribution in [3.63, 3.8) is 0 Å². The molecule has 0 aromatic heterocycles. The molecule has 1 atom stereocenters. The van der Waals surface area contributed by atoms with Gasteiger partial charge in [0.05, 0.1) is 6.10 Å². The number of piperidine rings is 1. The average molecular weight is 353 g/mol. The number of hydrogen-bond acceptors (Lipinski definition) is 3. The maximum absolute atomic E-state index is 6.02. The number of guanidine groups is 1. The molecule has 1 aliphatic heterocycles. The maximum Gasteiger partial charge on any atom is 0.191 e. The van der Waals surface area contributed by atoms with Crippen LogP contribution in [0.15, 0.2) is 4.99 Å². The zero-order valence-corrected chi connectivity index (χ0v) is 16.7. The van der Waals surface area contributed by atoms with Crippen LogP contribution >= 0.6 is 0 Å². The molecule has 1 unspecified atom stereocenters. The second-order valence-corrected chi connectivity index (χ2v) is 7.59. The van der Waals surface area contributed by atoms with Crippen molar-refractivity contribution in [2.75, 3.05) is 39.8 Å². The van der Waals surface area contributed by atoms with Gasteiger partial charge in [0.1, 0.15) is 0 Å². The largest absolute Gasteiger partial charge is 0.378 e. The van der Waals surface area contributed by atoms with Gasteiger partial charge in [-0.05, 0) is 57.9 Å². The molecule has 2 N–H and O–H groups in total. The van der Waals surface area contributed by atoms with Crippen molar-refractivity contribution in [3.8, 4) is 0 Å². The number of rotatable bonds is 9. The third-order valence-corrected chi connectivity index (χ3v) is 5.72. The van der Waals surface area contributed by atoms with Crippen molar-refractivity contribution >= 4 is 5.96 Å². The van der Waals surface area contributed by atoms with Crippen molar-refractivity contribution in [3.05, 3.63) is 0 Å². The molecule has 0 aromatic rings. The highest BCUT2D eigenvalue weighted by atomic mass is 16.5. The molecule has 1 saturated heterocycles. The standard InChI is InChI=1S/C20H40N4O/c1-4-14-24-15-11-18(12-16-24)23-20(21-3)22-13-10-19(25-5-2)17-8-6-7-9-17/h17-19H,4-16H2,1-3H3,(H2,21,22,23). The van der Waals surface area contributed by atoms with E-state index in [0.717, 1.165) is 31.4 Å². The van der Waals surface area contributed by atoms with Crippen molar-refractivity contribution in [1.29, 1.82) is 0 Å². The fourth-order valence-electron chi connectivity index (χ4n) is 4.34. The summed E-state index contributed by atoms with van der Waals surface area (Å²) < 4.78 is 6.02. The molecule has 5 nitrogen and oxygen atoms in total. The predicted octanol–water partition coefficient (Wildman–Crippen LogP) is 3.01. The van der Waals surface area contributed by atoms with Gasteiger partial charge in [-0.1, -0.05) is 19.8 Å². The van der Waals surface area contributed by atoms with Crippen LogP contribution in [0, 0.1) is 5.92 Å². The van der Waals surface area contributed by atoms with E-state index in [2.05, 4.69) is 34.4 Å². The topological polar surface area (TPSA) is 48.9 Å². The van der Waals surface area contributed by atoms with Crippen molar-refractivity contribution in [2.45, 2.75) is 77.4 Å². The van der Waals surface area contributed by atoms with Gasteiger partial charge in [-0.25, -0.2) is 0 Å². The van der Waals surface area contributed by atoms with Crippen LogP contribution in [-0.2, 0) is 4.74 Å². The molecular weight excluding hydrogens is 312 g/mol. The lowest BCUT2D eigenvalue weighted by molar-refractivity contribution is 0.0169. The highest BCUT2D eigenvalue weighted by Gasteiger charge is 2.25. The number of nitrogens with zero attached hydrogens (tertiary/aromatic N) is 2. The third-order valence-electron chi connectivity index (χ3n) is 5.72. The summed E-state index contributed by atoms with van der Waals surface area (Å²) in [4.78, 5) is 6.99. The van der Waals surface area contributed by atoms with E-state index in [4.69, 9.17) is 4.74 Å². The maximum atomic E-state index is 6.02. The first-order valence-corrected chi connectivity index (χ1v) is 10.6. The summed E-state index contributed by atoms with van der Waals surface area (Å²) in [6, 6.07) is 0.553. The number of nitrogens with one attached hydrogen (secondary N) is 2. The van der Waals surface area contributed by atoms with E-state index < -0.39 is 0 Å². The summed E-state index contributed by atoms with van der Waals surface area (Å²) in [7, 11) is 1.87. The van der Waals surface area contributed by atoms with Gasteiger partial charge < -0.3 is 20.3 Å². The number of hydrogen-bond donors (Lipinski definition) is 2. The van der Waals surface area contributed by atoms with Crippen LogP contribution in [0.5, 0.6) is 0 Å². The molecular formula is C20H40N4O. The molecule has 1 saturated carbocycles. The first-order valence-electron chi connectivity index (χ1n) is 10.6. The smallest absolute Gasteiger partial charge is 0.191 e.